The van der Waals surface area contributed by atoms with Crippen LogP contribution in [-0.4, -0.2) is 67.5 Å². The van der Waals surface area contributed by atoms with Gasteiger partial charge in [-0.15, -0.1) is 0 Å². The molecule has 2 atom stereocenters. The monoisotopic (exact) mass is 499 g/mol. The Bertz CT molecular complexity index is 1190. The Morgan fingerprint density at radius 3 is 2.57 bits per heavy atom. The summed E-state index contributed by atoms with van der Waals surface area (Å²) in [6, 6.07) is 6.28. The summed E-state index contributed by atoms with van der Waals surface area (Å²) in [5.41, 5.74) is -0.170. The molecule has 1 N–H and O–H groups in total. The Morgan fingerprint density at radius 1 is 1.14 bits per heavy atom. The highest BCUT2D eigenvalue weighted by atomic mass is 32.2. The highest BCUT2D eigenvalue weighted by molar-refractivity contribution is 7.99. The molecule has 0 unspecified atom stereocenters. The molecule has 1 aromatic heterocycles. The van der Waals surface area contributed by atoms with Gasteiger partial charge in [-0.3, -0.25) is 19.3 Å². The minimum atomic E-state index is -0.807. The zero-order valence-electron chi connectivity index (χ0n) is 19.8. The number of carbonyl (C=O) groups is 2. The van der Waals surface area contributed by atoms with Crippen molar-refractivity contribution in [3.63, 3.8) is 0 Å². The fourth-order valence-corrected chi connectivity index (χ4v) is 6.69. The Morgan fingerprint density at radius 2 is 1.86 bits per heavy atom. The Labute approximate surface area is 207 Å². The van der Waals surface area contributed by atoms with Gasteiger partial charge in [0.1, 0.15) is 12.0 Å². The summed E-state index contributed by atoms with van der Waals surface area (Å²) >= 11 is 1.96. The van der Waals surface area contributed by atoms with Crippen molar-refractivity contribution in [2.24, 2.45) is 0 Å². The number of carbonyl (C=O) groups excluding carboxylic acids is 2. The van der Waals surface area contributed by atoms with Gasteiger partial charge in [0.25, 0.3) is 5.91 Å². The van der Waals surface area contributed by atoms with Crippen LogP contribution in [0.4, 0.5) is 4.39 Å². The lowest BCUT2D eigenvalue weighted by Crippen LogP contribution is -2.65. The van der Waals surface area contributed by atoms with Crippen LogP contribution in [0.25, 0.3) is 0 Å². The molecule has 3 aliphatic heterocycles. The summed E-state index contributed by atoms with van der Waals surface area (Å²) in [6.45, 7) is 3.31. The first kappa shape index (κ1) is 24.1. The third-order valence-corrected chi connectivity index (χ3v) is 8.60. The number of aromatic hydroxyl groups is 1. The number of pyridine rings is 1. The first-order valence-electron chi connectivity index (χ1n) is 12.3. The average molecular weight is 500 g/mol. The summed E-state index contributed by atoms with van der Waals surface area (Å²) in [7, 11) is 0. The number of halogens is 1. The molecule has 5 rings (SSSR count). The average Bonchev–Trinajstić information content (AvgIpc) is 2.86. The maximum atomic E-state index is 13.5. The Balaban J connectivity index is 1.44. The molecular weight excluding hydrogens is 469 g/mol. The number of fused-ring (bicyclic) bond motifs is 2. The molecule has 0 saturated carbocycles. The van der Waals surface area contributed by atoms with Gasteiger partial charge < -0.3 is 14.6 Å². The molecule has 0 aliphatic carbocycles. The smallest absolute Gasteiger partial charge is 0.276 e. The van der Waals surface area contributed by atoms with E-state index in [-0.39, 0.29) is 41.6 Å². The van der Waals surface area contributed by atoms with E-state index in [1.807, 2.05) is 23.6 Å². The molecule has 0 spiro atoms. The molecule has 2 saturated heterocycles. The molecular formula is C26H30FN3O4S. The first-order chi connectivity index (χ1) is 16.8. The summed E-state index contributed by atoms with van der Waals surface area (Å²) in [5.74, 6) is 0.443. The van der Waals surface area contributed by atoms with Crippen LogP contribution in [-0.2, 0) is 13.0 Å². The standard InChI is InChI=1S/C26H30FN3O4S/c1-16-8-11-29(19-9-12-35-13-10-19)22-15-28-14-20(24(32)25(33)23(28)26(34)30(16)22)21(31)7-4-17-2-5-18(27)6-3-17/h2-3,5-6,14,16,19,22,33H,4,7-13,15H2,1H3/t16-,22-/m0/s1. The second-order valence-corrected chi connectivity index (χ2v) is 10.9. The van der Waals surface area contributed by atoms with Crippen molar-refractivity contribution in [2.75, 3.05) is 18.1 Å². The number of nitrogens with zero attached hydrogens (tertiary/aromatic N) is 3. The predicted molar refractivity (Wildman–Crippen MR) is 133 cm³/mol. The van der Waals surface area contributed by atoms with E-state index in [2.05, 4.69) is 4.90 Å². The number of hydrogen-bond acceptors (Lipinski definition) is 6. The van der Waals surface area contributed by atoms with Gasteiger partial charge >= 0.3 is 0 Å². The summed E-state index contributed by atoms with van der Waals surface area (Å²) in [6.07, 6.45) is 4.67. The molecule has 186 valence electrons. The Kier molecular flexibility index (Phi) is 6.72. The molecule has 3 aliphatic rings. The van der Waals surface area contributed by atoms with E-state index in [4.69, 9.17) is 0 Å². The maximum absolute atomic E-state index is 13.5. The second-order valence-electron chi connectivity index (χ2n) is 9.68. The summed E-state index contributed by atoms with van der Waals surface area (Å²) < 4.78 is 14.8. The molecule has 0 radical (unpaired) electrons. The van der Waals surface area contributed by atoms with Gasteiger partial charge in [0.2, 0.25) is 5.43 Å². The Hall–Kier alpha value is -2.65. The van der Waals surface area contributed by atoms with Crippen LogP contribution in [0.1, 0.15) is 59.0 Å². The van der Waals surface area contributed by atoms with Crippen molar-refractivity contribution in [1.29, 1.82) is 0 Å². The van der Waals surface area contributed by atoms with E-state index in [1.165, 1.54) is 18.3 Å². The van der Waals surface area contributed by atoms with Gasteiger partial charge in [-0.25, -0.2) is 4.39 Å². The molecule has 1 amide bonds. The van der Waals surface area contributed by atoms with Gasteiger partial charge in [0.15, 0.2) is 17.2 Å². The van der Waals surface area contributed by atoms with Crippen LogP contribution in [0, 0.1) is 5.82 Å². The molecule has 2 fully saturated rings. The lowest BCUT2D eigenvalue weighted by Gasteiger charge is -2.53. The van der Waals surface area contributed by atoms with Crippen LogP contribution in [0.15, 0.2) is 35.3 Å². The van der Waals surface area contributed by atoms with E-state index < -0.39 is 17.0 Å². The van der Waals surface area contributed by atoms with Crippen molar-refractivity contribution < 1.29 is 19.1 Å². The predicted octanol–water partition coefficient (Wildman–Crippen LogP) is 3.28. The van der Waals surface area contributed by atoms with Crippen molar-refractivity contribution in [2.45, 2.75) is 63.8 Å². The van der Waals surface area contributed by atoms with Gasteiger partial charge in [-0.05, 0) is 61.8 Å². The van der Waals surface area contributed by atoms with Crippen LogP contribution in [0.2, 0.25) is 0 Å². The molecule has 2 aromatic rings. The number of thioether (sulfide) groups is 1. The molecule has 4 heterocycles. The highest BCUT2D eigenvalue weighted by Crippen LogP contribution is 2.34. The van der Waals surface area contributed by atoms with Crippen molar-refractivity contribution in [3.05, 3.63) is 63.3 Å². The zero-order valence-corrected chi connectivity index (χ0v) is 20.6. The fourth-order valence-electron chi connectivity index (χ4n) is 5.61. The lowest BCUT2D eigenvalue weighted by atomic mass is 9.98. The number of aromatic nitrogens is 1. The van der Waals surface area contributed by atoms with E-state index in [0.29, 0.717) is 19.0 Å². The van der Waals surface area contributed by atoms with Crippen LogP contribution < -0.4 is 5.43 Å². The largest absolute Gasteiger partial charge is 0.503 e. The van der Waals surface area contributed by atoms with Crippen LogP contribution in [0.5, 0.6) is 5.75 Å². The second kappa shape index (κ2) is 9.78. The van der Waals surface area contributed by atoms with Gasteiger partial charge in [-0.2, -0.15) is 11.8 Å². The number of rotatable bonds is 5. The third kappa shape index (κ3) is 4.51. The number of ketones is 1. The van der Waals surface area contributed by atoms with Crippen LogP contribution in [0.3, 0.4) is 0 Å². The number of hydrogen-bond donors (Lipinski definition) is 1. The molecule has 35 heavy (non-hydrogen) atoms. The van der Waals surface area contributed by atoms with Crippen molar-refractivity contribution in [1.82, 2.24) is 14.4 Å². The fraction of sp³-hybridized carbons (Fsp3) is 0.500. The van der Waals surface area contributed by atoms with Crippen molar-refractivity contribution >= 4 is 23.5 Å². The van der Waals surface area contributed by atoms with Gasteiger partial charge in [0, 0.05) is 31.2 Å². The highest BCUT2D eigenvalue weighted by Gasteiger charge is 2.45. The molecule has 7 nitrogen and oxygen atoms in total. The molecule has 9 heteroatoms. The minimum Gasteiger partial charge on any atom is -0.503 e. The topological polar surface area (TPSA) is 82.9 Å². The van der Waals surface area contributed by atoms with Gasteiger partial charge in [0.05, 0.1) is 12.1 Å². The molecule has 1 aromatic carbocycles. The van der Waals surface area contributed by atoms with Crippen LogP contribution >= 0.6 is 11.8 Å². The molecule has 0 bridgehead atoms. The zero-order chi connectivity index (χ0) is 24.7. The maximum Gasteiger partial charge on any atom is 0.276 e. The van der Waals surface area contributed by atoms with E-state index in [0.717, 1.165) is 42.9 Å². The number of benzene rings is 1. The third-order valence-electron chi connectivity index (χ3n) is 7.55. The van der Waals surface area contributed by atoms with E-state index in [1.54, 1.807) is 16.7 Å². The number of aryl methyl sites for hydroxylation is 1. The van der Waals surface area contributed by atoms with Gasteiger partial charge in [-0.1, -0.05) is 12.1 Å². The summed E-state index contributed by atoms with van der Waals surface area (Å²) in [4.78, 5) is 43.7. The quantitative estimate of drug-likeness (QED) is 0.636. The summed E-state index contributed by atoms with van der Waals surface area (Å²) in [5, 5.41) is 10.8. The number of Topliss-reactive ketones (excluding diaryl/α,β-unsaturated/α-hetero) is 1. The SMILES string of the molecule is C[C@H]1CCN(C2CCSCC2)[C@@H]2Cn3cc(C(=O)CCc4ccc(F)cc4)c(=O)c(O)c3C(=O)N12. The number of amides is 1. The lowest BCUT2D eigenvalue weighted by molar-refractivity contribution is -0.0530. The normalized spacial score (nSPS) is 23.1. The van der Waals surface area contributed by atoms with E-state index in [9.17, 15) is 23.9 Å². The first-order valence-corrected chi connectivity index (χ1v) is 13.4. The minimum absolute atomic E-state index is 0.00184. The van der Waals surface area contributed by atoms with Crippen molar-refractivity contribution in [3.8, 4) is 5.75 Å². The van der Waals surface area contributed by atoms with E-state index >= 15 is 0 Å².